The van der Waals surface area contributed by atoms with Gasteiger partial charge in [0, 0.05) is 31.2 Å². The van der Waals surface area contributed by atoms with E-state index in [1.54, 1.807) is 17.3 Å². The second-order valence-corrected chi connectivity index (χ2v) is 5.28. The summed E-state index contributed by atoms with van der Waals surface area (Å²) in [7, 11) is 0. The number of hydrogen-bond donors (Lipinski definition) is 1. The van der Waals surface area contributed by atoms with Crippen molar-refractivity contribution in [3.8, 4) is 5.75 Å². The number of benzene rings is 1. The van der Waals surface area contributed by atoms with E-state index in [0.717, 1.165) is 11.4 Å². The van der Waals surface area contributed by atoms with E-state index >= 15 is 0 Å². The highest BCUT2D eigenvalue weighted by Crippen LogP contribution is 2.18. The molecule has 2 heterocycles. The molecular formula is C17H20N4O3. The van der Waals surface area contributed by atoms with Gasteiger partial charge in [-0.25, -0.2) is 9.97 Å². The molecule has 2 aromatic rings. The highest BCUT2D eigenvalue weighted by atomic mass is 16.5. The van der Waals surface area contributed by atoms with E-state index in [0.29, 0.717) is 44.4 Å². The van der Waals surface area contributed by atoms with Gasteiger partial charge in [0.15, 0.2) is 0 Å². The van der Waals surface area contributed by atoms with Crippen LogP contribution in [0.1, 0.15) is 17.3 Å². The van der Waals surface area contributed by atoms with E-state index in [-0.39, 0.29) is 5.91 Å². The van der Waals surface area contributed by atoms with E-state index in [9.17, 15) is 4.79 Å². The van der Waals surface area contributed by atoms with Crippen LogP contribution in [0.25, 0.3) is 0 Å². The average molecular weight is 328 g/mol. The van der Waals surface area contributed by atoms with Crippen molar-refractivity contribution in [2.75, 3.05) is 38.2 Å². The third-order valence-electron chi connectivity index (χ3n) is 3.62. The molecule has 7 nitrogen and oxygen atoms in total. The van der Waals surface area contributed by atoms with Crippen molar-refractivity contribution in [2.24, 2.45) is 0 Å². The van der Waals surface area contributed by atoms with Crippen molar-refractivity contribution < 1.29 is 14.3 Å². The Morgan fingerprint density at radius 1 is 1.21 bits per heavy atom. The van der Waals surface area contributed by atoms with Gasteiger partial charge < -0.3 is 19.7 Å². The molecule has 1 N–H and O–H groups in total. The quantitative estimate of drug-likeness (QED) is 0.906. The van der Waals surface area contributed by atoms with Gasteiger partial charge in [-0.05, 0) is 31.2 Å². The van der Waals surface area contributed by atoms with E-state index in [4.69, 9.17) is 9.47 Å². The lowest BCUT2D eigenvalue weighted by molar-refractivity contribution is 0.0302. The SMILES string of the molecule is CCOc1ccc(Nc2ncc(C(=O)N3CCOCC3)cn2)cc1. The van der Waals surface area contributed by atoms with Gasteiger partial charge in [0.05, 0.1) is 25.4 Å². The molecule has 0 radical (unpaired) electrons. The zero-order chi connectivity index (χ0) is 16.8. The Bertz CT molecular complexity index is 667. The van der Waals surface area contributed by atoms with Crippen LogP contribution in [-0.4, -0.2) is 53.7 Å². The number of anilines is 2. The first-order valence-electron chi connectivity index (χ1n) is 7.95. The Kier molecular flexibility index (Phi) is 5.22. The summed E-state index contributed by atoms with van der Waals surface area (Å²) in [6.07, 6.45) is 3.09. The largest absolute Gasteiger partial charge is 0.494 e. The van der Waals surface area contributed by atoms with Crippen LogP contribution in [-0.2, 0) is 4.74 Å². The van der Waals surface area contributed by atoms with Crippen molar-refractivity contribution in [2.45, 2.75) is 6.92 Å². The molecule has 1 fully saturated rings. The van der Waals surface area contributed by atoms with E-state index < -0.39 is 0 Å². The normalized spacial score (nSPS) is 14.3. The van der Waals surface area contributed by atoms with Crippen LogP contribution in [0.5, 0.6) is 5.75 Å². The number of amides is 1. The molecule has 0 saturated carbocycles. The zero-order valence-electron chi connectivity index (χ0n) is 13.6. The monoisotopic (exact) mass is 328 g/mol. The number of carbonyl (C=O) groups is 1. The molecule has 1 aliphatic heterocycles. The lowest BCUT2D eigenvalue weighted by Gasteiger charge is -2.26. The first kappa shape index (κ1) is 16.2. The predicted molar refractivity (Wildman–Crippen MR) is 89.6 cm³/mol. The van der Waals surface area contributed by atoms with E-state index in [1.807, 2.05) is 31.2 Å². The summed E-state index contributed by atoms with van der Waals surface area (Å²) < 4.78 is 10.7. The first-order chi connectivity index (χ1) is 11.8. The lowest BCUT2D eigenvalue weighted by Crippen LogP contribution is -2.40. The van der Waals surface area contributed by atoms with Crippen LogP contribution in [0, 0.1) is 0 Å². The Morgan fingerprint density at radius 3 is 2.50 bits per heavy atom. The average Bonchev–Trinajstić information content (AvgIpc) is 2.64. The molecule has 126 valence electrons. The third-order valence-corrected chi connectivity index (χ3v) is 3.62. The smallest absolute Gasteiger partial charge is 0.257 e. The molecule has 3 rings (SSSR count). The Balaban J connectivity index is 1.62. The molecule has 0 aliphatic carbocycles. The van der Waals surface area contributed by atoms with Crippen LogP contribution in [0.15, 0.2) is 36.7 Å². The van der Waals surface area contributed by atoms with Gasteiger partial charge in [-0.1, -0.05) is 0 Å². The molecule has 0 spiro atoms. The Labute approximate surface area is 140 Å². The minimum atomic E-state index is -0.0640. The molecule has 1 aromatic carbocycles. The maximum absolute atomic E-state index is 12.3. The summed E-state index contributed by atoms with van der Waals surface area (Å²) in [5.74, 6) is 1.19. The van der Waals surface area contributed by atoms with Gasteiger partial charge in [0.1, 0.15) is 5.75 Å². The molecule has 1 amide bonds. The maximum Gasteiger partial charge on any atom is 0.257 e. The molecule has 1 aliphatic rings. The van der Waals surface area contributed by atoms with Crippen molar-refractivity contribution in [3.05, 3.63) is 42.2 Å². The van der Waals surface area contributed by atoms with Gasteiger partial charge >= 0.3 is 0 Å². The summed E-state index contributed by atoms with van der Waals surface area (Å²) in [4.78, 5) is 22.5. The molecule has 1 aromatic heterocycles. The number of nitrogens with zero attached hydrogens (tertiary/aromatic N) is 3. The summed E-state index contributed by atoms with van der Waals surface area (Å²) >= 11 is 0. The summed E-state index contributed by atoms with van der Waals surface area (Å²) in [5, 5.41) is 3.10. The minimum Gasteiger partial charge on any atom is -0.494 e. The number of aromatic nitrogens is 2. The fraction of sp³-hybridized carbons (Fsp3) is 0.353. The fourth-order valence-electron chi connectivity index (χ4n) is 2.38. The second kappa shape index (κ2) is 7.74. The molecular weight excluding hydrogens is 308 g/mol. The lowest BCUT2D eigenvalue weighted by atomic mass is 10.2. The topological polar surface area (TPSA) is 76.6 Å². The summed E-state index contributed by atoms with van der Waals surface area (Å²) in [6.45, 7) is 4.93. The summed E-state index contributed by atoms with van der Waals surface area (Å²) in [5.41, 5.74) is 1.33. The standard InChI is InChI=1S/C17H20N4O3/c1-2-24-15-5-3-14(4-6-15)20-17-18-11-13(12-19-17)16(22)21-7-9-23-10-8-21/h3-6,11-12H,2,7-10H2,1H3,(H,18,19,20). The molecule has 0 unspecified atom stereocenters. The van der Waals surface area contributed by atoms with Gasteiger partial charge in [-0.15, -0.1) is 0 Å². The van der Waals surface area contributed by atoms with Gasteiger partial charge in [-0.2, -0.15) is 0 Å². The van der Waals surface area contributed by atoms with Crippen LogP contribution in [0.3, 0.4) is 0 Å². The molecule has 1 saturated heterocycles. The molecule has 0 bridgehead atoms. The number of morpholine rings is 1. The Morgan fingerprint density at radius 2 is 1.88 bits per heavy atom. The number of ether oxygens (including phenoxy) is 2. The molecule has 7 heteroatoms. The van der Waals surface area contributed by atoms with Gasteiger partial charge in [0.2, 0.25) is 5.95 Å². The number of carbonyl (C=O) groups excluding carboxylic acids is 1. The molecule has 0 atom stereocenters. The molecule has 24 heavy (non-hydrogen) atoms. The number of nitrogens with one attached hydrogen (secondary N) is 1. The van der Waals surface area contributed by atoms with Crippen LogP contribution in [0.2, 0.25) is 0 Å². The van der Waals surface area contributed by atoms with Crippen LogP contribution < -0.4 is 10.1 Å². The maximum atomic E-state index is 12.3. The van der Waals surface area contributed by atoms with E-state index in [2.05, 4.69) is 15.3 Å². The summed E-state index contributed by atoms with van der Waals surface area (Å²) in [6, 6.07) is 7.53. The van der Waals surface area contributed by atoms with Gasteiger partial charge in [-0.3, -0.25) is 4.79 Å². The third kappa shape index (κ3) is 3.99. The van der Waals surface area contributed by atoms with Crippen LogP contribution in [0.4, 0.5) is 11.6 Å². The number of hydrogen-bond acceptors (Lipinski definition) is 6. The second-order valence-electron chi connectivity index (χ2n) is 5.28. The minimum absolute atomic E-state index is 0.0640. The number of rotatable bonds is 5. The fourth-order valence-corrected chi connectivity index (χ4v) is 2.38. The van der Waals surface area contributed by atoms with Crippen molar-refractivity contribution in [1.29, 1.82) is 0 Å². The highest BCUT2D eigenvalue weighted by Gasteiger charge is 2.19. The van der Waals surface area contributed by atoms with Crippen molar-refractivity contribution in [3.63, 3.8) is 0 Å². The highest BCUT2D eigenvalue weighted by molar-refractivity contribution is 5.93. The predicted octanol–water partition coefficient (Wildman–Crippen LogP) is 2.09. The first-order valence-corrected chi connectivity index (χ1v) is 7.95. The van der Waals surface area contributed by atoms with E-state index in [1.165, 1.54) is 0 Å². The van der Waals surface area contributed by atoms with Crippen LogP contribution >= 0.6 is 0 Å². The Hall–Kier alpha value is -2.67. The zero-order valence-corrected chi connectivity index (χ0v) is 13.6. The van der Waals surface area contributed by atoms with Gasteiger partial charge in [0.25, 0.3) is 5.91 Å². The van der Waals surface area contributed by atoms with Crippen molar-refractivity contribution >= 4 is 17.5 Å². The van der Waals surface area contributed by atoms with Crippen molar-refractivity contribution in [1.82, 2.24) is 14.9 Å².